The van der Waals surface area contributed by atoms with Crippen LogP contribution in [-0.2, 0) is 6.18 Å². The summed E-state index contributed by atoms with van der Waals surface area (Å²) in [6.45, 7) is 3.58. The minimum absolute atomic E-state index is 0.188. The van der Waals surface area contributed by atoms with E-state index in [1.165, 1.54) is 29.5 Å². The molecule has 28 heavy (non-hydrogen) atoms. The first-order valence-electron chi connectivity index (χ1n) is 8.45. The van der Waals surface area contributed by atoms with Crippen molar-refractivity contribution in [2.45, 2.75) is 20.0 Å². The third kappa shape index (κ3) is 4.34. The minimum Gasteiger partial charge on any atom is -0.507 e. The van der Waals surface area contributed by atoms with Crippen molar-refractivity contribution < 1.29 is 23.1 Å². The average molecular weight is 402 g/mol. The molecule has 0 atom stereocenters. The molecule has 1 aromatic heterocycles. The van der Waals surface area contributed by atoms with Gasteiger partial charge in [0.05, 0.1) is 10.4 Å². The number of phenolic OH excluding ortho intramolecular Hbond substituents is 1. The van der Waals surface area contributed by atoms with Gasteiger partial charge in [-0.05, 0) is 78.6 Å². The fourth-order valence-electron chi connectivity index (χ4n) is 2.79. The highest BCUT2D eigenvalue weighted by Gasteiger charge is 2.30. The number of aromatic hydroxyl groups is 1. The maximum atomic E-state index is 12.7. The molecule has 3 aromatic rings. The fraction of sp³-hybridized carbons (Fsp3) is 0.136. The molecule has 0 bridgehead atoms. The standard InChI is InChI=1S/C22H17F3O2S/c1-13-11-15(12-14(2)21(13)27)3-8-18(26)20-10-9-19(28-20)16-4-6-17(7-5-16)22(23,24)25/h3-12,27H,1-2H3/b8-3+. The quantitative estimate of drug-likeness (QED) is 0.392. The van der Waals surface area contributed by atoms with Crippen LogP contribution in [0.1, 0.15) is 31.9 Å². The normalized spacial score (nSPS) is 11.9. The predicted molar refractivity (Wildman–Crippen MR) is 106 cm³/mol. The molecular weight excluding hydrogens is 385 g/mol. The average Bonchev–Trinajstić information content (AvgIpc) is 3.13. The molecule has 0 saturated carbocycles. The van der Waals surface area contributed by atoms with E-state index < -0.39 is 11.7 Å². The molecule has 1 N–H and O–H groups in total. The Morgan fingerprint density at radius 1 is 1.00 bits per heavy atom. The van der Waals surface area contributed by atoms with Crippen LogP contribution in [0.15, 0.2) is 54.6 Å². The van der Waals surface area contributed by atoms with Crippen molar-refractivity contribution >= 4 is 23.2 Å². The lowest BCUT2D eigenvalue weighted by molar-refractivity contribution is -0.137. The molecule has 0 fully saturated rings. The van der Waals surface area contributed by atoms with E-state index in [1.54, 1.807) is 44.2 Å². The topological polar surface area (TPSA) is 37.3 Å². The summed E-state index contributed by atoms with van der Waals surface area (Å²) in [7, 11) is 0. The lowest BCUT2D eigenvalue weighted by Gasteiger charge is -2.06. The third-order valence-corrected chi connectivity index (χ3v) is 5.44. The number of thiophene rings is 1. The molecule has 0 spiro atoms. The summed E-state index contributed by atoms with van der Waals surface area (Å²) in [5.41, 5.74) is 2.19. The number of aryl methyl sites for hydroxylation is 2. The number of phenols is 1. The first kappa shape index (κ1) is 19.9. The molecule has 3 rings (SSSR count). The Morgan fingerprint density at radius 2 is 1.61 bits per heavy atom. The van der Waals surface area contributed by atoms with Crippen molar-refractivity contribution in [2.75, 3.05) is 0 Å². The zero-order valence-corrected chi connectivity index (χ0v) is 16.0. The number of rotatable bonds is 4. The maximum Gasteiger partial charge on any atom is 0.416 e. The second kappa shape index (κ2) is 7.64. The van der Waals surface area contributed by atoms with E-state index in [1.807, 2.05) is 0 Å². The van der Waals surface area contributed by atoms with Crippen molar-refractivity contribution in [3.05, 3.63) is 81.7 Å². The SMILES string of the molecule is Cc1cc(/C=C/C(=O)c2ccc(-c3ccc(C(F)(F)F)cc3)s2)cc(C)c1O. The van der Waals surface area contributed by atoms with Crippen LogP contribution in [0.25, 0.3) is 16.5 Å². The van der Waals surface area contributed by atoms with E-state index in [0.717, 1.165) is 33.7 Å². The van der Waals surface area contributed by atoms with Crippen LogP contribution < -0.4 is 0 Å². The lowest BCUT2D eigenvalue weighted by atomic mass is 10.1. The van der Waals surface area contributed by atoms with Crippen molar-refractivity contribution in [1.29, 1.82) is 0 Å². The molecule has 0 aliphatic heterocycles. The predicted octanol–water partition coefficient (Wildman–Crippen LogP) is 6.65. The van der Waals surface area contributed by atoms with Crippen molar-refractivity contribution in [2.24, 2.45) is 0 Å². The van der Waals surface area contributed by atoms with Gasteiger partial charge in [0.25, 0.3) is 0 Å². The van der Waals surface area contributed by atoms with E-state index in [2.05, 4.69) is 0 Å². The van der Waals surface area contributed by atoms with Gasteiger partial charge in [-0.1, -0.05) is 18.2 Å². The van der Waals surface area contributed by atoms with Gasteiger partial charge in [0.1, 0.15) is 5.75 Å². The highest BCUT2D eigenvalue weighted by Crippen LogP contribution is 2.33. The first-order valence-corrected chi connectivity index (χ1v) is 9.27. The molecule has 0 aliphatic rings. The summed E-state index contributed by atoms with van der Waals surface area (Å²) in [6, 6.07) is 11.8. The number of carbonyl (C=O) groups is 1. The highest BCUT2D eigenvalue weighted by molar-refractivity contribution is 7.17. The van der Waals surface area contributed by atoms with E-state index in [4.69, 9.17) is 0 Å². The molecule has 0 radical (unpaired) electrons. The summed E-state index contributed by atoms with van der Waals surface area (Å²) in [5.74, 6) is 0.0504. The Hall–Kier alpha value is -2.86. The molecule has 0 aliphatic carbocycles. The Morgan fingerprint density at radius 3 is 2.18 bits per heavy atom. The number of alkyl halides is 3. The summed E-state index contributed by atoms with van der Waals surface area (Å²) in [4.78, 5) is 13.6. The number of carbonyl (C=O) groups excluding carboxylic acids is 1. The summed E-state index contributed by atoms with van der Waals surface area (Å²) in [5, 5.41) is 9.81. The lowest BCUT2D eigenvalue weighted by Crippen LogP contribution is -2.03. The number of hydrogen-bond donors (Lipinski definition) is 1. The molecule has 0 amide bonds. The smallest absolute Gasteiger partial charge is 0.416 e. The van der Waals surface area contributed by atoms with Gasteiger partial charge in [-0.15, -0.1) is 11.3 Å². The second-order valence-electron chi connectivity index (χ2n) is 6.44. The minimum atomic E-state index is -4.37. The van der Waals surface area contributed by atoms with Crippen LogP contribution in [0, 0.1) is 13.8 Å². The zero-order valence-electron chi connectivity index (χ0n) is 15.2. The number of benzene rings is 2. The van der Waals surface area contributed by atoms with Crippen LogP contribution in [0.4, 0.5) is 13.2 Å². The number of allylic oxidation sites excluding steroid dienone is 1. The molecule has 144 valence electrons. The molecule has 0 unspecified atom stereocenters. The first-order chi connectivity index (χ1) is 13.1. The van der Waals surface area contributed by atoms with Crippen molar-refractivity contribution in [3.63, 3.8) is 0 Å². The van der Waals surface area contributed by atoms with Crippen LogP contribution in [0.2, 0.25) is 0 Å². The highest BCUT2D eigenvalue weighted by atomic mass is 32.1. The molecule has 6 heteroatoms. The molecular formula is C22H17F3O2S. The number of ketones is 1. The molecule has 1 heterocycles. The Labute approximate surface area is 164 Å². The maximum absolute atomic E-state index is 12.7. The Bertz CT molecular complexity index is 1020. The van der Waals surface area contributed by atoms with Crippen molar-refractivity contribution in [1.82, 2.24) is 0 Å². The summed E-state index contributed by atoms with van der Waals surface area (Å²) < 4.78 is 38.0. The summed E-state index contributed by atoms with van der Waals surface area (Å²) in [6.07, 6.45) is -1.24. The third-order valence-electron chi connectivity index (χ3n) is 4.29. The Balaban J connectivity index is 1.77. The van der Waals surface area contributed by atoms with E-state index in [-0.39, 0.29) is 11.5 Å². The van der Waals surface area contributed by atoms with Gasteiger partial charge in [-0.3, -0.25) is 4.79 Å². The number of halogens is 3. The van der Waals surface area contributed by atoms with Crippen LogP contribution in [0.3, 0.4) is 0 Å². The molecule has 0 saturated heterocycles. The van der Waals surface area contributed by atoms with Crippen molar-refractivity contribution in [3.8, 4) is 16.2 Å². The monoisotopic (exact) mass is 402 g/mol. The largest absolute Gasteiger partial charge is 0.507 e. The van der Waals surface area contributed by atoms with Crippen LogP contribution >= 0.6 is 11.3 Å². The van der Waals surface area contributed by atoms with Gasteiger partial charge in [-0.25, -0.2) is 0 Å². The number of hydrogen-bond acceptors (Lipinski definition) is 3. The van der Waals surface area contributed by atoms with Gasteiger partial charge in [-0.2, -0.15) is 13.2 Å². The van der Waals surface area contributed by atoms with Gasteiger partial charge in [0, 0.05) is 4.88 Å². The van der Waals surface area contributed by atoms with E-state index >= 15 is 0 Å². The Kier molecular flexibility index (Phi) is 5.42. The van der Waals surface area contributed by atoms with Gasteiger partial charge < -0.3 is 5.11 Å². The van der Waals surface area contributed by atoms with Gasteiger partial charge in [0.15, 0.2) is 5.78 Å². The van der Waals surface area contributed by atoms with Gasteiger partial charge >= 0.3 is 6.18 Å². The molecule has 2 nitrogen and oxygen atoms in total. The van der Waals surface area contributed by atoms with E-state index in [0.29, 0.717) is 10.4 Å². The second-order valence-corrected chi connectivity index (χ2v) is 7.52. The molecule has 2 aromatic carbocycles. The van der Waals surface area contributed by atoms with Gasteiger partial charge in [0.2, 0.25) is 0 Å². The summed E-state index contributed by atoms with van der Waals surface area (Å²) >= 11 is 1.23. The van der Waals surface area contributed by atoms with Crippen LogP contribution in [0.5, 0.6) is 5.75 Å². The van der Waals surface area contributed by atoms with E-state index in [9.17, 15) is 23.1 Å². The zero-order chi connectivity index (χ0) is 20.5. The fourth-order valence-corrected chi connectivity index (χ4v) is 3.72. The van der Waals surface area contributed by atoms with Crippen LogP contribution in [-0.4, -0.2) is 10.9 Å².